The van der Waals surface area contributed by atoms with Crippen molar-refractivity contribution < 1.29 is 0 Å². The number of aryl methyl sites for hydroxylation is 1. The first-order valence-electron chi connectivity index (χ1n) is 7.74. The number of benzene rings is 1. The van der Waals surface area contributed by atoms with Gasteiger partial charge in [-0.1, -0.05) is 30.3 Å². The second-order valence-corrected chi connectivity index (χ2v) is 5.87. The third kappa shape index (κ3) is 4.63. The molecule has 1 aliphatic heterocycles. The summed E-state index contributed by atoms with van der Waals surface area (Å²) in [4.78, 5) is 2.61. The highest BCUT2D eigenvalue weighted by Crippen LogP contribution is 2.17. The first kappa shape index (κ1) is 14.5. The van der Waals surface area contributed by atoms with Crippen LogP contribution in [0.1, 0.15) is 38.2 Å². The molecule has 2 heteroatoms. The van der Waals surface area contributed by atoms with Crippen LogP contribution >= 0.6 is 0 Å². The van der Waals surface area contributed by atoms with E-state index in [0.717, 1.165) is 6.04 Å². The van der Waals surface area contributed by atoms with Gasteiger partial charge >= 0.3 is 0 Å². The van der Waals surface area contributed by atoms with Crippen LogP contribution in [0.4, 0.5) is 0 Å². The van der Waals surface area contributed by atoms with Crippen LogP contribution in [0.25, 0.3) is 0 Å². The van der Waals surface area contributed by atoms with Gasteiger partial charge in [0.05, 0.1) is 0 Å². The van der Waals surface area contributed by atoms with E-state index in [1.807, 2.05) is 0 Å². The molecule has 1 fully saturated rings. The molecule has 1 aromatic carbocycles. The standard InChI is InChI=1S/C17H28N2/c1-15(10-11-16-7-4-3-5-8-16)19(2)17-9-6-13-18-14-12-17/h3-5,7-8,15,17-18H,6,9-14H2,1-2H3. The van der Waals surface area contributed by atoms with Crippen molar-refractivity contribution in [1.82, 2.24) is 10.2 Å². The maximum Gasteiger partial charge on any atom is 0.0108 e. The Morgan fingerprint density at radius 1 is 1.21 bits per heavy atom. The lowest BCUT2D eigenvalue weighted by Gasteiger charge is -2.32. The predicted molar refractivity (Wildman–Crippen MR) is 82.5 cm³/mol. The summed E-state index contributed by atoms with van der Waals surface area (Å²) in [6, 6.07) is 12.3. The third-order valence-electron chi connectivity index (χ3n) is 4.51. The van der Waals surface area contributed by atoms with E-state index < -0.39 is 0 Å². The van der Waals surface area contributed by atoms with Crippen molar-refractivity contribution in [2.75, 3.05) is 20.1 Å². The number of nitrogens with zero attached hydrogens (tertiary/aromatic N) is 1. The van der Waals surface area contributed by atoms with Crippen molar-refractivity contribution in [3.05, 3.63) is 35.9 Å². The van der Waals surface area contributed by atoms with Gasteiger partial charge in [0.1, 0.15) is 0 Å². The molecule has 1 N–H and O–H groups in total. The summed E-state index contributed by atoms with van der Waals surface area (Å²) < 4.78 is 0. The van der Waals surface area contributed by atoms with E-state index in [2.05, 4.69) is 54.5 Å². The first-order valence-corrected chi connectivity index (χ1v) is 7.74. The average Bonchev–Trinajstić information content (AvgIpc) is 2.74. The fourth-order valence-electron chi connectivity index (χ4n) is 2.99. The minimum atomic E-state index is 0.670. The molecule has 19 heavy (non-hydrogen) atoms. The van der Waals surface area contributed by atoms with E-state index in [1.54, 1.807) is 0 Å². The summed E-state index contributed by atoms with van der Waals surface area (Å²) in [6.45, 7) is 4.75. The van der Waals surface area contributed by atoms with Crippen LogP contribution < -0.4 is 5.32 Å². The molecule has 0 amide bonds. The summed E-state index contributed by atoms with van der Waals surface area (Å²) in [5.74, 6) is 0. The van der Waals surface area contributed by atoms with Gasteiger partial charge in [0.15, 0.2) is 0 Å². The van der Waals surface area contributed by atoms with Gasteiger partial charge in [-0.05, 0) is 64.7 Å². The van der Waals surface area contributed by atoms with Crippen molar-refractivity contribution >= 4 is 0 Å². The lowest BCUT2D eigenvalue weighted by atomic mass is 10.0. The molecule has 106 valence electrons. The molecule has 1 saturated heterocycles. The number of hydrogen-bond acceptors (Lipinski definition) is 2. The first-order chi connectivity index (χ1) is 9.27. The second kappa shape index (κ2) is 7.66. The zero-order chi connectivity index (χ0) is 13.5. The Kier molecular flexibility index (Phi) is 5.87. The largest absolute Gasteiger partial charge is 0.317 e. The molecule has 0 aliphatic carbocycles. The van der Waals surface area contributed by atoms with Gasteiger partial charge in [-0.2, -0.15) is 0 Å². The molecule has 2 rings (SSSR count). The van der Waals surface area contributed by atoms with Gasteiger partial charge in [0, 0.05) is 12.1 Å². The topological polar surface area (TPSA) is 15.3 Å². The van der Waals surface area contributed by atoms with E-state index in [9.17, 15) is 0 Å². The lowest BCUT2D eigenvalue weighted by molar-refractivity contribution is 0.163. The predicted octanol–water partition coefficient (Wildman–Crippen LogP) is 3.08. The van der Waals surface area contributed by atoms with Gasteiger partial charge in [-0.25, -0.2) is 0 Å². The van der Waals surface area contributed by atoms with Crippen molar-refractivity contribution in [2.24, 2.45) is 0 Å². The number of nitrogens with one attached hydrogen (secondary N) is 1. The van der Waals surface area contributed by atoms with Crippen LogP contribution in [0.5, 0.6) is 0 Å². The van der Waals surface area contributed by atoms with Crippen LogP contribution in [0.2, 0.25) is 0 Å². The molecular formula is C17H28N2. The maximum absolute atomic E-state index is 3.50. The Morgan fingerprint density at radius 2 is 2.00 bits per heavy atom. The number of hydrogen-bond donors (Lipinski definition) is 1. The van der Waals surface area contributed by atoms with Crippen molar-refractivity contribution in [2.45, 2.75) is 51.1 Å². The van der Waals surface area contributed by atoms with E-state index in [0.29, 0.717) is 6.04 Å². The zero-order valence-electron chi connectivity index (χ0n) is 12.4. The Balaban J connectivity index is 1.79. The smallest absolute Gasteiger partial charge is 0.0108 e. The van der Waals surface area contributed by atoms with E-state index in [-0.39, 0.29) is 0 Å². The van der Waals surface area contributed by atoms with Crippen LogP contribution in [-0.4, -0.2) is 37.1 Å². The van der Waals surface area contributed by atoms with Crippen LogP contribution in [0.3, 0.4) is 0 Å². The lowest BCUT2D eigenvalue weighted by Crippen LogP contribution is -2.39. The van der Waals surface area contributed by atoms with Gasteiger partial charge in [-0.15, -0.1) is 0 Å². The summed E-state index contributed by atoms with van der Waals surface area (Å²) in [5.41, 5.74) is 1.46. The Labute approximate surface area is 118 Å². The molecule has 1 aromatic rings. The highest BCUT2D eigenvalue weighted by molar-refractivity contribution is 5.14. The van der Waals surface area contributed by atoms with Crippen LogP contribution in [0.15, 0.2) is 30.3 Å². The molecule has 0 aromatic heterocycles. The highest BCUT2D eigenvalue weighted by atomic mass is 15.2. The fraction of sp³-hybridized carbons (Fsp3) is 0.647. The van der Waals surface area contributed by atoms with Gasteiger partial charge in [0.2, 0.25) is 0 Å². The summed E-state index contributed by atoms with van der Waals surface area (Å²) in [6.07, 6.45) is 6.41. The normalized spacial score (nSPS) is 22.2. The summed E-state index contributed by atoms with van der Waals surface area (Å²) in [7, 11) is 2.31. The van der Waals surface area contributed by atoms with E-state index in [4.69, 9.17) is 0 Å². The van der Waals surface area contributed by atoms with Crippen LogP contribution in [-0.2, 0) is 6.42 Å². The third-order valence-corrected chi connectivity index (χ3v) is 4.51. The maximum atomic E-state index is 3.50. The van der Waals surface area contributed by atoms with Crippen LogP contribution in [0, 0.1) is 0 Å². The molecule has 0 bridgehead atoms. The van der Waals surface area contributed by atoms with E-state index >= 15 is 0 Å². The average molecular weight is 260 g/mol. The summed E-state index contributed by atoms with van der Waals surface area (Å²) >= 11 is 0. The number of rotatable bonds is 5. The molecule has 2 nitrogen and oxygen atoms in total. The Morgan fingerprint density at radius 3 is 2.79 bits per heavy atom. The SMILES string of the molecule is CC(CCc1ccccc1)N(C)C1CCCNCC1. The van der Waals surface area contributed by atoms with Crippen molar-refractivity contribution in [3.63, 3.8) is 0 Å². The summed E-state index contributed by atoms with van der Waals surface area (Å²) in [5, 5.41) is 3.50. The minimum Gasteiger partial charge on any atom is -0.317 e. The fourth-order valence-corrected chi connectivity index (χ4v) is 2.99. The van der Waals surface area contributed by atoms with Gasteiger partial charge in [-0.3, -0.25) is 0 Å². The molecule has 2 atom stereocenters. The molecule has 2 unspecified atom stereocenters. The van der Waals surface area contributed by atoms with Gasteiger partial charge in [0.25, 0.3) is 0 Å². The highest BCUT2D eigenvalue weighted by Gasteiger charge is 2.20. The molecule has 0 spiro atoms. The zero-order valence-corrected chi connectivity index (χ0v) is 12.4. The minimum absolute atomic E-state index is 0.670. The van der Waals surface area contributed by atoms with Gasteiger partial charge < -0.3 is 10.2 Å². The quantitative estimate of drug-likeness (QED) is 0.875. The van der Waals surface area contributed by atoms with Crippen molar-refractivity contribution in [1.29, 1.82) is 0 Å². The Hall–Kier alpha value is -0.860. The molecule has 1 heterocycles. The van der Waals surface area contributed by atoms with Crippen molar-refractivity contribution in [3.8, 4) is 0 Å². The molecular weight excluding hydrogens is 232 g/mol. The second-order valence-electron chi connectivity index (χ2n) is 5.87. The molecule has 0 radical (unpaired) electrons. The molecule has 0 saturated carbocycles. The molecule has 1 aliphatic rings. The monoisotopic (exact) mass is 260 g/mol. The van der Waals surface area contributed by atoms with E-state index in [1.165, 1.54) is 50.8 Å². The Bertz CT molecular complexity index is 342.